The number of carbonyl (C=O) groups is 2. The molecule has 0 aromatic heterocycles. The van der Waals surface area contributed by atoms with Crippen molar-refractivity contribution in [2.75, 3.05) is 6.61 Å². The van der Waals surface area contributed by atoms with Gasteiger partial charge in [-0.1, -0.05) is 13.0 Å². The Morgan fingerprint density at radius 3 is 2.88 bits per heavy atom. The van der Waals surface area contributed by atoms with Crippen LogP contribution in [0.3, 0.4) is 0 Å². The summed E-state index contributed by atoms with van der Waals surface area (Å²) in [6.45, 7) is 6.11. The van der Waals surface area contributed by atoms with Gasteiger partial charge in [0.25, 0.3) is 0 Å². The first-order chi connectivity index (χ1) is 7.96. The Morgan fingerprint density at radius 1 is 1.53 bits per heavy atom. The lowest BCUT2D eigenvalue weighted by Gasteiger charge is -2.42. The summed E-state index contributed by atoms with van der Waals surface area (Å²) in [6.07, 6.45) is 4.40. The summed E-state index contributed by atoms with van der Waals surface area (Å²) in [4.78, 5) is 24.0. The maximum Gasteiger partial charge on any atom is 0.308 e. The van der Waals surface area contributed by atoms with Gasteiger partial charge in [-0.15, -0.1) is 0 Å². The molecule has 0 spiro atoms. The molecule has 2 bridgehead atoms. The van der Waals surface area contributed by atoms with Gasteiger partial charge in [0.15, 0.2) is 5.78 Å². The average molecular weight is 236 g/mol. The maximum absolute atomic E-state index is 12.2. The Bertz CT molecular complexity index is 383. The SMILES string of the molecule is CCOC(=O)[C@@H]1C[C@@H]2C=C(C)C(=O)[C@](C)(C2)C1. The van der Waals surface area contributed by atoms with E-state index in [4.69, 9.17) is 4.74 Å². The van der Waals surface area contributed by atoms with Gasteiger partial charge < -0.3 is 4.74 Å². The topological polar surface area (TPSA) is 43.4 Å². The van der Waals surface area contributed by atoms with E-state index in [2.05, 4.69) is 0 Å². The molecule has 3 heteroatoms. The van der Waals surface area contributed by atoms with Crippen LogP contribution in [0.4, 0.5) is 0 Å². The van der Waals surface area contributed by atoms with Crippen molar-refractivity contribution in [3.63, 3.8) is 0 Å². The monoisotopic (exact) mass is 236 g/mol. The third-order valence-electron chi connectivity index (χ3n) is 4.01. The summed E-state index contributed by atoms with van der Waals surface area (Å²) < 4.78 is 5.08. The molecule has 0 aliphatic heterocycles. The highest BCUT2D eigenvalue weighted by atomic mass is 16.5. The van der Waals surface area contributed by atoms with Crippen molar-refractivity contribution < 1.29 is 14.3 Å². The zero-order valence-electron chi connectivity index (χ0n) is 10.8. The van der Waals surface area contributed by atoms with Crippen molar-refractivity contribution in [1.82, 2.24) is 0 Å². The molecule has 0 aromatic carbocycles. The van der Waals surface area contributed by atoms with E-state index in [0.717, 1.165) is 18.4 Å². The molecule has 0 aromatic rings. The van der Waals surface area contributed by atoms with E-state index >= 15 is 0 Å². The van der Waals surface area contributed by atoms with Gasteiger partial charge in [0.2, 0.25) is 0 Å². The van der Waals surface area contributed by atoms with Crippen LogP contribution in [-0.2, 0) is 14.3 Å². The molecular formula is C14H20O3. The number of hydrogen-bond donors (Lipinski definition) is 0. The summed E-state index contributed by atoms with van der Waals surface area (Å²) in [7, 11) is 0. The molecule has 2 aliphatic rings. The second-order valence-corrected chi connectivity index (χ2v) is 5.59. The van der Waals surface area contributed by atoms with Crippen molar-refractivity contribution in [1.29, 1.82) is 0 Å². The van der Waals surface area contributed by atoms with Crippen LogP contribution in [0.5, 0.6) is 0 Å². The average Bonchev–Trinajstić information content (AvgIpc) is 2.26. The number of esters is 1. The molecule has 1 fully saturated rings. The summed E-state index contributed by atoms with van der Waals surface area (Å²) in [5, 5.41) is 0. The van der Waals surface area contributed by atoms with Crippen LogP contribution in [0, 0.1) is 17.3 Å². The summed E-state index contributed by atoms with van der Waals surface area (Å²) >= 11 is 0. The van der Waals surface area contributed by atoms with Gasteiger partial charge in [-0.3, -0.25) is 9.59 Å². The lowest BCUT2D eigenvalue weighted by molar-refractivity contribution is -0.152. The molecule has 0 radical (unpaired) electrons. The highest BCUT2D eigenvalue weighted by Crippen LogP contribution is 2.48. The number of carbonyl (C=O) groups excluding carboxylic acids is 2. The van der Waals surface area contributed by atoms with Crippen LogP contribution in [0.15, 0.2) is 11.6 Å². The van der Waals surface area contributed by atoms with E-state index in [-0.39, 0.29) is 23.1 Å². The molecule has 3 atom stereocenters. The molecule has 2 rings (SSSR count). The molecule has 3 nitrogen and oxygen atoms in total. The normalized spacial score (nSPS) is 36.4. The Morgan fingerprint density at radius 2 is 2.24 bits per heavy atom. The fourth-order valence-electron chi connectivity index (χ4n) is 3.40. The highest BCUT2D eigenvalue weighted by molar-refractivity contribution is 6.00. The van der Waals surface area contributed by atoms with Crippen molar-refractivity contribution in [2.45, 2.75) is 40.0 Å². The molecule has 0 unspecified atom stereocenters. The maximum atomic E-state index is 12.2. The van der Waals surface area contributed by atoms with Gasteiger partial charge in [0.1, 0.15) is 0 Å². The van der Waals surface area contributed by atoms with Gasteiger partial charge >= 0.3 is 5.97 Å². The van der Waals surface area contributed by atoms with E-state index in [0.29, 0.717) is 18.9 Å². The second kappa shape index (κ2) is 4.28. The van der Waals surface area contributed by atoms with E-state index in [1.165, 1.54) is 0 Å². The van der Waals surface area contributed by atoms with Gasteiger partial charge in [-0.25, -0.2) is 0 Å². The van der Waals surface area contributed by atoms with Crippen LogP contribution in [0.1, 0.15) is 40.0 Å². The second-order valence-electron chi connectivity index (χ2n) is 5.59. The Labute approximate surface area is 102 Å². The Kier molecular flexibility index (Phi) is 3.11. The zero-order valence-corrected chi connectivity index (χ0v) is 10.8. The molecule has 17 heavy (non-hydrogen) atoms. The first-order valence-electron chi connectivity index (χ1n) is 6.36. The number of ether oxygens (including phenoxy) is 1. The minimum atomic E-state index is -0.348. The van der Waals surface area contributed by atoms with Crippen molar-refractivity contribution in [3.8, 4) is 0 Å². The zero-order chi connectivity index (χ0) is 12.6. The number of fused-ring (bicyclic) bond motifs is 2. The third-order valence-corrected chi connectivity index (χ3v) is 4.01. The minimum absolute atomic E-state index is 0.105. The molecule has 1 saturated carbocycles. The third kappa shape index (κ3) is 2.15. The van der Waals surface area contributed by atoms with E-state index < -0.39 is 0 Å². The molecule has 0 N–H and O–H groups in total. The molecule has 0 amide bonds. The van der Waals surface area contributed by atoms with E-state index in [9.17, 15) is 9.59 Å². The van der Waals surface area contributed by atoms with Crippen molar-refractivity contribution >= 4 is 11.8 Å². The smallest absolute Gasteiger partial charge is 0.308 e. The number of allylic oxidation sites excluding steroid dienone is 2. The molecule has 0 saturated heterocycles. The largest absolute Gasteiger partial charge is 0.466 e. The van der Waals surface area contributed by atoms with E-state index in [1.807, 2.05) is 26.8 Å². The Hall–Kier alpha value is -1.12. The molecule has 2 aliphatic carbocycles. The first-order valence-corrected chi connectivity index (χ1v) is 6.36. The molecule has 94 valence electrons. The van der Waals surface area contributed by atoms with Crippen LogP contribution in [0.2, 0.25) is 0 Å². The fourth-order valence-corrected chi connectivity index (χ4v) is 3.40. The lowest BCUT2D eigenvalue weighted by atomic mass is 9.60. The molecule has 0 heterocycles. The quantitative estimate of drug-likeness (QED) is 0.692. The highest BCUT2D eigenvalue weighted by Gasteiger charge is 2.47. The molecular weight excluding hydrogens is 216 g/mol. The minimum Gasteiger partial charge on any atom is -0.466 e. The number of rotatable bonds is 2. The van der Waals surface area contributed by atoms with Crippen LogP contribution >= 0.6 is 0 Å². The predicted octanol–water partition coefficient (Wildman–Crippen LogP) is 2.50. The predicted molar refractivity (Wildman–Crippen MR) is 64.3 cm³/mol. The standard InChI is InChI=1S/C14H20O3/c1-4-17-13(16)11-6-10-5-9(2)12(15)14(3,7-10)8-11/h5,10-11H,4,6-8H2,1-3H3/t10-,11+,14+/m0/s1. The summed E-state index contributed by atoms with van der Waals surface area (Å²) in [5.74, 6) is 0.333. The number of hydrogen-bond acceptors (Lipinski definition) is 3. The first kappa shape index (κ1) is 12.3. The van der Waals surface area contributed by atoms with Crippen LogP contribution < -0.4 is 0 Å². The lowest BCUT2D eigenvalue weighted by Crippen LogP contribution is -2.43. The fraction of sp³-hybridized carbons (Fsp3) is 0.714. The summed E-state index contributed by atoms with van der Waals surface area (Å²) in [5.41, 5.74) is 0.519. The van der Waals surface area contributed by atoms with Crippen molar-refractivity contribution in [2.24, 2.45) is 17.3 Å². The Balaban J connectivity index is 2.20. The van der Waals surface area contributed by atoms with E-state index in [1.54, 1.807) is 0 Å². The number of ketones is 1. The van der Waals surface area contributed by atoms with Crippen LogP contribution in [-0.4, -0.2) is 18.4 Å². The van der Waals surface area contributed by atoms with Crippen LogP contribution in [0.25, 0.3) is 0 Å². The van der Waals surface area contributed by atoms with Gasteiger partial charge in [0.05, 0.1) is 12.5 Å². The van der Waals surface area contributed by atoms with Gasteiger partial charge in [0, 0.05) is 5.41 Å². The van der Waals surface area contributed by atoms with Crippen molar-refractivity contribution in [3.05, 3.63) is 11.6 Å². The number of Topliss-reactive ketones (excluding diaryl/α,β-unsaturated/α-hetero) is 1. The van der Waals surface area contributed by atoms with Gasteiger partial charge in [-0.05, 0) is 44.6 Å². The summed E-state index contributed by atoms with van der Waals surface area (Å²) in [6, 6.07) is 0. The van der Waals surface area contributed by atoms with Gasteiger partial charge in [-0.2, -0.15) is 0 Å².